The average Bonchev–Trinajstić information content (AvgIpc) is 2.02. The van der Waals surface area contributed by atoms with Crippen molar-refractivity contribution in [2.75, 3.05) is 6.54 Å². The van der Waals surface area contributed by atoms with Gasteiger partial charge in [0.15, 0.2) is 0 Å². The molecular formula is C8H8I3NO. The van der Waals surface area contributed by atoms with E-state index in [1.165, 1.54) is 3.57 Å². The molecule has 1 rings (SSSR count). The first-order valence-electron chi connectivity index (χ1n) is 3.59. The average molecular weight is 515 g/mol. The van der Waals surface area contributed by atoms with Crippen molar-refractivity contribution >= 4 is 67.8 Å². The zero-order chi connectivity index (χ0) is 10.0. The first-order valence-corrected chi connectivity index (χ1v) is 6.82. The van der Waals surface area contributed by atoms with Crippen molar-refractivity contribution in [3.63, 3.8) is 0 Å². The Balaban J connectivity index is 3.20. The minimum Gasteiger partial charge on any atom is -0.387 e. The minimum absolute atomic E-state index is 0.270. The van der Waals surface area contributed by atoms with E-state index in [9.17, 15) is 5.11 Å². The van der Waals surface area contributed by atoms with Crippen LogP contribution in [0.4, 0.5) is 0 Å². The van der Waals surface area contributed by atoms with Gasteiger partial charge in [-0.3, -0.25) is 0 Å². The molecule has 0 spiro atoms. The van der Waals surface area contributed by atoms with E-state index in [-0.39, 0.29) is 6.54 Å². The molecule has 5 heteroatoms. The SMILES string of the molecule is NC[C@H](O)c1c(I)cc(I)cc1I. The van der Waals surface area contributed by atoms with E-state index in [2.05, 4.69) is 67.8 Å². The molecule has 1 aromatic carbocycles. The van der Waals surface area contributed by atoms with Gasteiger partial charge in [-0.25, -0.2) is 0 Å². The highest BCUT2D eigenvalue weighted by Crippen LogP contribution is 2.27. The van der Waals surface area contributed by atoms with Crippen molar-refractivity contribution in [2.45, 2.75) is 6.10 Å². The van der Waals surface area contributed by atoms with Gasteiger partial charge in [-0.2, -0.15) is 0 Å². The number of hydrogen-bond acceptors (Lipinski definition) is 2. The molecule has 0 saturated carbocycles. The molecule has 0 amide bonds. The molecule has 0 saturated heterocycles. The summed E-state index contributed by atoms with van der Waals surface area (Å²) in [6, 6.07) is 4.08. The highest BCUT2D eigenvalue weighted by molar-refractivity contribution is 14.1. The van der Waals surface area contributed by atoms with Crippen LogP contribution in [0.1, 0.15) is 11.7 Å². The van der Waals surface area contributed by atoms with Crippen LogP contribution in [0, 0.1) is 10.7 Å². The molecule has 0 heterocycles. The molecule has 72 valence electrons. The topological polar surface area (TPSA) is 46.2 Å². The molecule has 0 unspecified atom stereocenters. The number of aliphatic hydroxyl groups is 1. The zero-order valence-electron chi connectivity index (χ0n) is 6.60. The third-order valence-corrected chi connectivity index (χ3v) is 4.01. The van der Waals surface area contributed by atoms with Crippen molar-refractivity contribution in [1.29, 1.82) is 0 Å². The van der Waals surface area contributed by atoms with E-state index in [1.807, 2.05) is 12.1 Å². The standard InChI is InChI=1S/C8H8I3NO/c9-4-1-5(10)8(6(11)2-4)7(13)3-12/h1-2,7,13H,3,12H2/t7-/m0/s1. The molecule has 3 N–H and O–H groups in total. The molecule has 2 nitrogen and oxygen atoms in total. The van der Waals surface area contributed by atoms with Crippen LogP contribution in [0.5, 0.6) is 0 Å². The number of rotatable bonds is 2. The Kier molecular flexibility index (Phi) is 5.17. The predicted molar refractivity (Wildman–Crippen MR) is 78.6 cm³/mol. The predicted octanol–water partition coefficient (Wildman–Crippen LogP) is 2.49. The van der Waals surface area contributed by atoms with Gasteiger partial charge >= 0.3 is 0 Å². The Bertz CT molecular complexity index is 293. The third-order valence-electron chi connectivity index (χ3n) is 1.60. The fourth-order valence-electron chi connectivity index (χ4n) is 0.990. The van der Waals surface area contributed by atoms with Gasteiger partial charge in [0, 0.05) is 22.8 Å². The van der Waals surface area contributed by atoms with Gasteiger partial charge in [-0.15, -0.1) is 0 Å². The van der Waals surface area contributed by atoms with Gasteiger partial charge in [0.2, 0.25) is 0 Å². The fraction of sp³-hybridized carbons (Fsp3) is 0.250. The van der Waals surface area contributed by atoms with E-state index in [4.69, 9.17) is 5.73 Å². The molecule has 1 atom stereocenters. The van der Waals surface area contributed by atoms with Crippen LogP contribution in [-0.2, 0) is 0 Å². The second kappa shape index (κ2) is 5.42. The van der Waals surface area contributed by atoms with E-state index >= 15 is 0 Å². The molecule has 1 aromatic rings. The van der Waals surface area contributed by atoms with Crippen molar-refractivity contribution in [1.82, 2.24) is 0 Å². The molecule has 0 aliphatic heterocycles. The Morgan fingerprint density at radius 2 is 1.69 bits per heavy atom. The lowest BCUT2D eigenvalue weighted by atomic mass is 10.1. The van der Waals surface area contributed by atoms with Gasteiger partial charge in [-0.1, -0.05) is 0 Å². The van der Waals surface area contributed by atoms with Crippen molar-refractivity contribution in [2.24, 2.45) is 5.73 Å². The molecular weight excluding hydrogens is 507 g/mol. The maximum Gasteiger partial charge on any atom is 0.0932 e. The Hall–Kier alpha value is 1.33. The summed E-state index contributed by atoms with van der Waals surface area (Å²) in [7, 11) is 0. The van der Waals surface area contributed by atoms with Gasteiger partial charge in [-0.05, 0) is 79.9 Å². The summed E-state index contributed by atoms with van der Waals surface area (Å²) in [6.07, 6.45) is -0.546. The van der Waals surface area contributed by atoms with E-state index in [1.54, 1.807) is 0 Å². The van der Waals surface area contributed by atoms with Crippen LogP contribution in [0.2, 0.25) is 0 Å². The monoisotopic (exact) mass is 515 g/mol. The van der Waals surface area contributed by atoms with Crippen molar-refractivity contribution in [3.05, 3.63) is 28.4 Å². The number of hydrogen-bond donors (Lipinski definition) is 2. The first kappa shape index (κ1) is 12.4. The first-order chi connectivity index (χ1) is 6.06. The Morgan fingerprint density at radius 3 is 2.08 bits per heavy atom. The summed E-state index contributed by atoms with van der Waals surface area (Å²) in [5, 5.41) is 9.64. The summed E-state index contributed by atoms with van der Waals surface area (Å²) in [5.74, 6) is 0. The summed E-state index contributed by atoms with van der Waals surface area (Å²) in [6.45, 7) is 0.270. The summed E-state index contributed by atoms with van der Waals surface area (Å²) >= 11 is 6.71. The van der Waals surface area contributed by atoms with Crippen molar-refractivity contribution in [3.8, 4) is 0 Å². The number of aliphatic hydroxyl groups excluding tert-OH is 1. The number of nitrogens with two attached hydrogens (primary N) is 1. The van der Waals surface area contributed by atoms with Gasteiger partial charge in [0.05, 0.1) is 6.10 Å². The summed E-state index contributed by atoms with van der Waals surface area (Å²) < 4.78 is 3.33. The zero-order valence-corrected chi connectivity index (χ0v) is 13.1. The molecule has 0 aromatic heterocycles. The van der Waals surface area contributed by atoms with Crippen LogP contribution in [0.15, 0.2) is 12.1 Å². The molecule has 0 aliphatic rings. The number of halogens is 3. The van der Waals surface area contributed by atoms with Crippen molar-refractivity contribution < 1.29 is 5.11 Å². The lowest BCUT2D eigenvalue weighted by Gasteiger charge is -2.13. The summed E-state index contributed by atoms with van der Waals surface area (Å²) in [5.41, 5.74) is 6.37. The molecule has 0 bridgehead atoms. The lowest BCUT2D eigenvalue weighted by molar-refractivity contribution is 0.185. The highest BCUT2D eigenvalue weighted by atomic mass is 127. The van der Waals surface area contributed by atoms with Gasteiger partial charge in [0.1, 0.15) is 0 Å². The Labute approximate surface area is 118 Å². The van der Waals surface area contributed by atoms with E-state index in [0.29, 0.717) is 0 Å². The van der Waals surface area contributed by atoms with Crippen LogP contribution >= 0.6 is 67.8 Å². The second-order valence-electron chi connectivity index (χ2n) is 2.53. The fourth-order valence-corrected chi connectivity index (χ4v) is 5.29. The van der Waals surface area contributed by atoms with Crippen LogP contribution < -0.4 is 5.73 Å². The van der Waals surface area contributed by atoms with E-state index < -0.39 is 6.10 Å². The molecule has 0 radical (unpaired) electrons. The molecule has 13 heavy (non-hydrogen) atoms. The molecule has 0 aliphatic carbocycles. The normalized spacial score (nSPS) is 13.0. The largest absolute Gasteiger partial charge is 0.387 e. The smallest absolute Gasteiger partial charge is 0.0932 e. The van der Waals surface area contributed by atoms with Crippen LogP contribution in [0.3, 0.4) is 0 Å². The third kappa shape index (κ3) is 3.14. The Morgan fingerprint density at radius 1 is 1.23 bits per heavy atom. The maximum absolute atomic E-state index is 9.64. The highest BCUT2D eigenvalue weighted by Gasteiger charge is 2.13. The van der Waals surface area contributed by atoms with Crippen LogP contribution in [0.25, 0.3) is 0 Å². The lowest BCUT2D eigenvalue weighted by Crippen LogP contribution is -2.14. The molecule has 0 fully saturated rings. The quantitative estimate of drug-likeness (QED) is 0.596. The van der Waals surface area contributed by atoms with Gasteiger partial charge in [0.25, 0.3) is 0 Å². The number of benzene rings is 1. The second-order valence-corrected chi connectivity index (χ2v) is 6.10. The summed E-state index contributed by atoms with van der Waals surface area (Å²) in [4.78, 5) is 0. The van der Waals surface area contributed by atoms with Gasteiger partial charge < -0.3 is 10.8 Å². The van der Waals surface area contributed by atoms with Crippen LogP contribution in [-0.4, -0.2) is 11.7 Å². The minimum atomic E-state index is -0.546. The van der Waals surface area contributed by atoms with E-state index in [0.717, 1.165) is 12.7 Å². The maximum atomic E-state index is 9.64.